The van der Waals surface area contributed by atoms with Crippen LogP contribution in [0.1, 0.15) is 38.5 Å². The highest BCUT2D eigenvalue weighted by atomic mass is 16.5. The van der Waals surface area contributed by atoms with E-state index in [2.05, 4.69) is 10.6 Å². The van der Waals surface area contributed by atoms with Crippen LogP contribution in [0.3, 0.4) is 0 Å². The molecule has 0 aliphatic heterocycles. The molecule has 10 heteroatoms. The number of aliphatic carboxylic acids is 2. The molecule has 0 amide bonds. The third kappa shape index (κ3) is 16.5. The van der Waals surface area contributed by atoms with Crippen molar-refractivity contribution in [2.45, 2.75) is 38.5 Å². The summed E-state index contributed by atoms with van der Waals surface area (Å²) < 4.78 is 10.6. The SMILES string of the molecule is O=CC(=CCCOCNCCCCCCNCOCCC=C(C=O)C(=O)O)C(=O)O. The lowest BCUT2D eigenvalue weighted by molar-refractivity contribution is -0.134. The van der Waals surface area contributed by atoms with E-state index in [1.807, 2.05) is 0 Å². The lowest BCUT2D eigenvalue weighted by Crippen LogP contribution is -2.20. The lowest BCUT2D eigenvalue weighted by Gasteiger charge is -2.07. The number of rotatable bonds is 21. The number of unbranched alkanes of at least 4 members (excludes halogenated alkanes) is 3. The minimum Gasteiger partial charge on any atom is -0.478 e. The van der Waals surface area contributed by atoms with Crippen molar-refractivity contribution in [3.05, 3.63) is 23.3 Å². The van der Waals surface area contributed by atoms with Crippen molar-refractivity contribution in [2.75, 3.05) is 39.8 Å². The largest absolute Gasteiger partial charge is 0.478 e. The average Bonchev–Trinajstić information content (AvgIpc) is 2.72. The fraction of sp³-hybridized carbons (Fsp3) is 0.600. The van der Waals surface area contributed by atoms with Crippen molar-refractivity contribution in [1.82, 2.24) is 10.6 Å². The summed E-state index contributed by atoms with van der Waals surface area (Å²) >= 11 is 0. The molecule has 0 aliphatic carbocycles. The smallest absolute Gasteiger partial charge is 0.338 e. The molecule has 0 atom stereocenters. The molecule has 0 radical (unpaired) electrons. The molecule has 0 aromatic heterocycles. The lowest BCUT2D eigenvalue weighted by atomic mass is 10.2. The molecule has 0 heterocycles. The minimum atomic E-state index is -1.23. The van der Waals surface area contributed by atoms with Gasteiger partial charge in [-0.2, -0.15) is 0 Å². The Labute approximate surface area is 176 Å². The summed E-state index contributed by atoms with van der Waals surface area (Å²) in [6.45, 7) is 3.11. The van der Waals surface area contributed by atoms with E-state index in [-0.39, 0.29) is 11.1 Å². The van der Waals surface area contributed by atoms with Crippen LogP contribution in [0.2, 0.25) is 0 Å². The number of carboxylic acid groups (broad SMARTS) is 2. The first-order valence-corrected chi connectivity index (χ1v) is 9.87. The van der Waals surface area contributed by atoms with Crippen LogP contribution in [0, 0.1) is 0 Å². The zero-order valence-electron chi connectivity index (χ0n) is 17.1. The molecule has 30 heavy (non-hydrogen) atoms. The van der Waals surface area contributed by atoms with E-state index in [4.69, 9.17) is 19.7 Å². The molecule has 0 saturated heterocycles. The van der Waals surface area contributed by atoms with Crippen LogP contribution >= 0.6 is 0 Å². The molecule has 0 aliphatic rings. The molecule has 0 aromatic rings. The summed E-state index contributed by atoms with van der Waals surface area (Å²) in [4.78, 5) is 42.1. The van der Waals surface area contributed by atoms with E-state index in [0.717, 1.165) is 38.8 Å². The van der Waals surface area contributed by atoms with E-state index >= 15 is 0 Å². The van der Waals surface area contributed by atoms with Crippen LogP contribution in [0.25, 0.3) is 0 Å². The summed E-state index contributed by atoms with van der Waals surface area (Å²) in [5.74, 6) is -2.46. The number of carbonyl (C=O) groups is 4. The van der Waals surface area contributed by atoms with E-state index in [9.17, 15) is 19.2 Å². The fourth-order valence-corrected chi connectivity index (χ4v) is 2.25. The van der Waals surface area contributed by atoms with Crippen LogP contribution in [0.15, 0.2) is 23.3 Å². The Balaban J connectivity index is 3.34. The van der Waals surface area contributed by atoms with Crippen molar-refractivity contribution in [3.8, 4) is 0 Å². The van der Waals surface area contributed by atoms with Gasteiger partial charge in [-0.3, -0.25) is 20.2 Å². The van der Waals surface area contributed by atoms with Gasteiger partial charge >= 0.3 is 11.9 Å². The third-order valence-corrected chi connectivity index (χ3v) is 3.87. The highest BCUT2D eigenvalue weighted by molar-refractivity contribution is 6.06. The van der Waals surface area contributed by atoms with Crippen LogP contribution in [-0.2, 0) is 28.7 Å². The predicted molar refractivity (Wildman–Crippen MR) is 109 cm³/mol. The summed E-state index contributed by atoms with van der Waals surface area (Å²) in [6, 6.07) is 0. The molecule has 0 bridgehead atoms. The maximum absolute atomic E-state index is 10.6. The minimum absolute atomic E-state index is 0.256. The Morgan fingerprint density at radius 2 is 1.10 bits per heavy atom. The van der Waals surface area contributed by atoms with Gasteiger partial charge in [0.25, 0.3) is 0 Å². The number of hydrogen-bond acceptors (Lipinski definition) is 8. The summed E-state index contributed by atoms with van der Waals surface area (Å²) in [7, 11) is 0. The predicted octanol–water partition coefficient (Wildman–Crippen LogP) is 0.874. The van der Waals surface area contributed by atoms with Gasteiger partial charge < -0.3 is 19.7 Å². The maximum atomic E-state index is 10.6. The molecule has 4 N–H and O–H groups in total. The van der Waals surface area contributed by atoms with Crippen molar-refractivity contribution >= 4 is 24.5 Å². The van der Waals surface area contributed by atoms with Crippen LogP contribution in [0.5, 0.6) is 0 Å². The molecule has 170 valence electrons. The Kier molecular flexibility index (Phi) is 18.3. The van der Waals surface area contributed by atoms with Crippen LogP contribution < -0.4 is 10.6 Å². The normalized spacial score (nSPS) is 12.0. The molecule has 0 unspecified atom stereocenters. The van der Waals surface area contributed by atoms with Gasteiger partial charge in [0.2, 0.25) is 0 Å². The zero-order valence-corrected chi connectivity index (χ0v) is 17.1. The van der Waals surface area contributed by atoms with E-state index in [1.165, 1.54) is 12.2 Å². The highest BCUT2D eigenvalue weighted by Gasteiger charge is 2.04. The second-order valence-electron chi connectivity index (χ2n) is 6.26. The maximum Gasteiger partial charge on any atom is 0.338 e. The molecular weight excluding hydrogens is 396 g/mol. The molecule has 0 spiro atoms. The second kappa shape index (κ2) is 19.9. The van der Waals surface area contributed by atoms with Crippen molar-refractivity contribution in [1.29, 1.82) is 0 Å². The number of hydrogen-bond donors (Lipinski definition) is 4. The van der Waals surface area contributed by atoms with Gasteiger partial charge in [0.1, 0.15) is 0 Å². The highest BCUT2D eigenvalue weighted by Crippen LogP contribution is 1.98. The monoisotopic (exact) mass is 428 g/mol. The number of carboxylic acids is 2. The van der Waals surface area contributed by atoms with Gasteiger partial charge in [-0.25, -0.2) is 9.59 Å². The summed E-state index contributed by atoms with van der Waals surface area (Å²) in [5.41, 5.74) is -0.512. The molecule has 0 rings (SSSR count). The molecule has 0 aromatic carbocycles. The van der Waals surface area contributed by atoms with Crippen molar-refractivity contribution in [3.63, 3.8) is 0 Å². The molecular formula is C20H32N2O8. The first kappa shape index (κ1) is 27.6. The van der Waals surface area contributed by atoms with Gasteiger partial charge in [-0.1, -0.05) is 25.0 Å². The van der Waals surface area contributed by atoms with Gasteiger partial charge in [0.15, 0.2) is 12.6 Å². The molecule has 0 fully saturated rings. The van der Waals surface area contributed by atoms with Gasteiger partial charge in [-0.15, -0.1) is 0 Å². The van der Waals surface area contributed by atoms with Crippen LogP contribution in [0.4, 0.5) is 0 Å². The van der Waals surface area contributed by atoms with Crippen molar-refractivity contribution < 1.29 is 38.9 Å². The number of carbonyl (C=O) groups excluding carboxylic acids is 2. The topological polar surface area (TPSA) is 151 Å². The Morgan fingerprint density at radius 1 is 0.700 bits per heavy atom. The number of ether oxygens (including phenoxy) is 2. The molecule has 0 saturated carbocycles. The van der Waals surface area contributed by atoms with E-state index in [1.54, 1.807) is 0 Å². The average molecular weight is 428 g/mol. The van der Waals surface area contributed by atoms with Gasteiger partial charge in [-0.05, 0) is 38.8 Å². The third-order valence-electron chi connectivity index (χ3n) is 3.87. The first-order valence-electron chi connectivity index (χ1n) is 9.87. The second-order valence-corrected chi connectivity index (χ2v) is 6.26. The van der Waals surface area contributed by atoms with Crippen LogP contribution in [-0.4, -0.2) is 74.5 Å². The van der Waals surface area contributed by atoms with Crippen molar-refractivity contribution in [2.24, 2.45) is 0 Å². The van der Waals surface area contributed by atoms with E-state index < -0.39 is 11.9 Å². The summed E-state index contributed by atoms with van der Waals surface area (Å²) in [5, 5.41) is 23.6. The number of nitrogens with one attached hydrogen (secondary N) is 2. The van der Waals surface area contributed by atoms with Gasteiger partial charge in [0.05, 0.1) is 37.8 Å². The van der Waals surface area contributed by atoms with E-state index in [0.29, 0.717) is 52.1 Å². The standard InChI is InChI=1S/C20H32N2O8/c23-13-17(19(25)26)7-5-11-29-15-21-9-3-1-2-4-10-22-16-30-12-6-8-18(14-24)20(27)28/h7-8,13-14,21-22H,1-6,9-12,15-16H2,(H,25,26)(H,27,28). The van der Waals surface area contributed by atoms with Gasteiger partial charge in [0, 0.05) is 0 Å². The quantitative estimate of drug-likeness (QED) is 0.0517. The summed E-state index contributed by atoms with van der Waals surface area (Å²) in [6.07, 6.45) is 8.25. The molecule has 10 nitrogen and oxygen atoms in total. The Morgan fingerprint density at radius 3 is 1.43 bits per heavy atom. The first-order chi connectivity index (χ1) is 14.5. The fourth-order valence-electron chi connectivity index (χ4n) is 2.25. The number of aldehydes is 2. The Hall–Kier alpha value is -2.40. The zero-order chi connectivity index (χ0) is 22.5. The Bertz CT molecular complexity index is 525.